The molecule has 6 nitrogen and oxygen atoms in total. The Morgan fingerprint density at radius 1 is 0.805 bits per heavy atom. The molecule has 3 aromatic rings. The SMILES string of the molecule is Cc1ccc(C=C2CN(C(=O)c3ccc(OCCN4CCOCC4)cc3)CC(=Cc3ccc(C)cc3)C2=O)cc1.Cl. The largest absolute Gasteiger partial charge is 0.492 e. The maximum absolute atomic E-state index is 13.6. The van der Waals surface area contributed by atoms with Crippen LogP contribution < -0.4 is 4.74 Å². The number of ether oxygens (including phenoxy) is 2. The minimum Gasteiger partial charge on any atom is -0.492 e. The van der Waals surface area contributed by atoms with E-state index in [1.54, 1.807) is 17.0 Å². The lowest BCUT2D eigenvalue weighted by Gasteiger charge is -2.30. The quantitative estimate of drug-likeness (QED) is 0.344. The summed E-state index contributed by atoms with van der Waals surface area (Å²) in [5, 5.41) is 0. The van der Waals surface area contributed by atoms with Gasteiger partial charge in [-0.1, -0.05) is 59.7 Å². The van der Waals surface area contributed by atoms with E-state index in [0.717, 1.165) is 60.9 Å². The summed E-state index contributed by atoms with van der Waals surface area (Å²) in [5.74, 6) is 0.602. The minimum absolute atomic E-state index is 0. The molecule has 41 heavy (non-hydrogen) atoms. The van der Waals surface area contributed by atoms with E-state index in [1.807, 2.05) is 86.7 Å². The van der Waals surface area contributed by atoms with Gasteiger partial charge in [0.05, 0.1) is 26.3 Å². The number of morpholine rings is 1. The number of carbonyl (C=O) groups excluding carboxylic acids is 2. The minimum atomic E-state index is -0.114. The van der Waals surface area contributed by atoms with Crippen LogP contribution in [0, 0.1) is 13.8 Å². The molecule has 5 rings (SSSR count). The molecule has 2 saturated heterocycles. The van der Waals surface area contributed by atoms with Crippen molar-refractivity contribution in [2.45, 2.75) is 13.8 Å². The van der Waals surface area contributed by atoms with Gasteiger partial charge in [0, 0.05) is 36.3 Å². The number of hydrogen-bond donors (Lipinski definition) is 0. The van der Waals surface area contributed by atoms with Gasteiger partial charge in [0.25, 0.3) is 5.91 Å². The molecular weight excluding hydrogens is 536 g/mol. The first-order chi connectivity index (χ1) is 19.4. The van der Waals surface area contributed by atoms with Gasteiger partial charge < -0.3 is 14.4 Å². The van der Waals surface area contributed by atoms with Crippen LogP contribution in [0.2, 0.25) is 0 Å². The third-order valence-electron chi connectivity index (χ3n) is 7.31. The van der Waals surface area contributed by atoms with Crippen LogP contribution in [0.4, 0.5) is 0 Å². The third-order valence-corrected chi connectivity index (χ3v) is 7.31. The highest BCUT2D eigenvalue weighted by Gasteiger charge is 2.29. The normalized spacial score (nSPS) is 17.9. The molecule has 0 atom stereocenters. The van der Waals surface area contributed by atoms with Crippen molar-refractivity contribution < 1.29 is 19.1 Å². The number of ketones is 1. The standard InChI is InChI=1S/C34H36N2O4.ClH/c1-25-3-7-27(8-4-25)21-30-23-36(24-31(33(30)37)22-28-9-5-26(2)6-10-28)34(38)29-11-13-32(14-12-29)40-20-17-35-15-18-39-19-16-35;/h3-14,21-22H,15-20,23-24H2,1-2H3;1H. The van der Waals surface area contributed by atoms with Crippen molar-refractivity contribution in [3.8, 4) is 5.75 Å². The Balaban J connectivity index is 0.00000387. The lowest BCUT2D eigenvalue weighted by atomic mass is 9.93. The maximum Gasteiger partial charge on any atom is 0.254 e. The van der Waals surface area contributed by atoms with Gasteiger partial charge in [-0.15, -0.1) is 12.4 Å². The molecule has 2 aliphatic heterocycles. The zero-order valence-electron chi connectivity index (χ0n) is 23.7. The number of rotatable bonds is 7. The van der Waals surface area contributed by atoms with E-state index < -0.39 is 0 Å². The fourth-order valence-electron chi connectivity index (χ4n) is 4.90. The second-order valence-corrected chi connectivity index (χ2v) is 10.5. The molecule has 0 spiro atoms. The van der Waals surface area contributed by atoms with Crippen LogP contribution >= 0.6 is 12.4 Å². The van der Waals surface area contributed by atoms with Gasteiger partial charge in [-0.25, -0.2) is 0 Å². The van der Waals surface area contributed by atoms with Crippen LogP contribution in [0.5, 0.6) is 5.75 Å². The van der Waals surface area contributed by atoms with Crippen molar-refractivity contribution >= 4 is 36.2 Å². The van der Waals surface area contributed by atoms with Crippen LogP contribution in [0.3, 0.4) is 0 Å². The Labute approximate surface area is 248 Å². The summed E-state index contributed by atoms with van der Waals surface area (Å²) in [5.41, 5.74) is 5.96. The number of amides is 1. The summed E-state index contributed by atoms with van der Waals surface area (Å²) in [6.45, 7) is 9.40. The maximum atomic E-state index is 13.6. The van der Waals surface area contributed by atoms with Crippen LogP contribution in [-0.4, -0.2) is 74.0 Å². The fraction of sp³-hybridized carbons (Fsp3) is 0.294. The Bertz CT molecular complexity index is 1320. The first kappa shape index (κ1) is 30.3. The highest BCUT2D eigenvalue weighted by Crippen LogP contribution is 2.25. The molecule has 2 heterocycles. The summed E-state index contributed by atoms with van der Waals surface area (Å²) in [7, 11) is 0. The highest BCUT2D eigenvalue weighted by atomic mass is 35.5. The molecule has 0 N–H and O–H groups in total. The van der Waals surface area contributed by atoms with Crippen LogP contribution in [0.15, 0.2) is 83.9 Å². The van der Waals surface area contributed by atoms with Crippen molar-refractivity contribution in [1.29, 1.82) is 0 Å². The van der Waals surface area contributed by atoms with Gasteiger partial charge in [0.1, 0.15) is 12.4 Å². The number of piperidine rings is 1. The summed E-state index contributed by atoms with van der Waals surface area (Å²) in [4.78, 5) is 31.2. The Kier molecular flexibility index (Phi) is 10.5. The van der Waals surface area contributed by atoms with E-state index in [0.29, 0.717) is 23.3 Å². The number of halogens is 1. The number of nitrogens with zero attached hydrogens (tertiary/aromatic N) is 2. The van der Waals surface area contributed by atoms with Crippen molar-refractivity contribution in [2.24, 2.45) is 0 Å². The average Bonchev–Trinajstić information content (AvgIpc) is 2.98. The molecule has 2 fully saturated rings. The third kappa shape index (κ3) is 8.17. The van der Waals surface area contributed by atoms with Gasteiger partial charge >= 0.3 is 0 Å². The van der Waals surface area contributed by atoms with Gasteiger partial charge in [-0.2, -0.15) is 0 Å². The summed E-state index contributed by atoms with van der Waals surface area (Å²) in [6.07, 6.45) is 3.80. The van der Waals surface area contributed by atoms with E-state index in [9.17, 15) is 9.59 Å². The van der Waals surface area contributed by atoms with Crippen LogP contribution in [-0.2, 0) is 9.53 Å². The van der Waals surface area contributed by atoms with Crippen LogP contribution in [0.25, 0.3) is 12.2 Å². The number of likely N-dealkylation sites (tertiary alicyclic amines) is 1. The van der Waals surface area contributed by atoms with Gasteiger partial charge in [-0.05, 0) is 61.4 Å². The smallest absolute Gasteiger partial charge is 0.254 e. The Hall–Kier alpha value is -3.71. The molecule has 0 bridgehead atoms. The monoisotopic (exact) mass is 572 g/mol. The van der Waals surface area contributed by atoms with Crippen molar-refractivity contribution in [2.75, 3.05) is 52.5 Å². The lowest BCUT2D eigenvalue weighted by Crippen LogP contribution is -2.41. The molecule has 0 saturated carbocycles. The van der Waals surface area contributed by atoms with E-state index in [1.165, 1.54) is 0 Å². The first-order valence-corrected chi connectivity index (χ1v) is 13.9. The van der Waals surface area contributed by atoms with Crippen molar-refractivity contribution in [1.82, 2.24) is 9.80 Å². The molecule has 0 radical (unpaired) electrons. The predicted octanol–water partition coefficient (Wildman–Crippen LogP) is 5.63. The van der Waals surface area contributed by atoms with Crippen molar-refractivity contribution in [3.63, 3.8) is 0 Å². The summed E-state index contributed by atoms with van der Waals surface area (Å²) < 4.78 is 11.3. The number of Topliss-reactive ketones (excluding diaryl/α,β-unsaturated/α-hetero) is 1. The second kappa shape index (κ2) is 14.3. The van der Waals surface area contributed by atoms with E-state index >= 15 is 0 Å². The van der Waals surface area contributed by atoms with Gasteiger partial charge in [0.2, 0.25) is 0 Å². The zero-order chi connectivity index (χ0) is 27.9. The molecule has 0 aromatic heterocycles. The highest BCUT2D eigenvalue weighted by molar-refractivity contribution is 6.15. The van der Waals surface area contributed by atoms with Crippen LogP contribution in [0.1, 0.15) is 32.6 Å². The molecule has 2 aliphatic rings. The second-order valence-electron chi connectivity index (χ2n) is 10.5. The topological polar surface area (TPSA) is 59.1 Å². The lowest BCUT2D eigenvalue weighted by molar-refractivity contribution is -0.113. The van der Waals surface area contributed by atoms with E-state index in [-0.39, 0.29) is 37.2 Å². The molecule has 0 aliphatic carbocycles. The van der Waals surface area contributed by atoms with E-state index in [4.69, 9.17) is 9.47 Å². The molecule has 1 amide bonds. The Morgan fingerprint density at radius 3 is 1.83 bits per heavy atom. The summed E-state index contributed by atoms with van der Waals surface area (Å²) in [6, 6.07) is 23.4. The number of carbonyl (C=O) groups is 2. The summed E-state index contributed by atoms with van der Waals surface area (Å²) >= 11 is 0. The molecule has 3 aromatic carbocycles. The number of benzene rings is 3. The average molecular weight is 573 g/mol. The predicted molar refractivity (Wildman–Crippen MR) is 166 cm³/mol. The molecule has 7 heteroatoms. The van der Waals surface area contributed by atoms with Gasteiger partial charge in [0.15, 0.2) is 5.78 Å². The molecular formula is C34H37ClN2O4. The Morgan fingerprint density at radius 2 is 1.32 bits per heavy atom. The zero-order valence-corrected chi connectivity index (χ0v) is 24.5. The number of hydrogen-bond acceptors (Lipinski definition) is 5. The molecule has 214 valence electrons. The fourth-order valence-corrected chi connectivity index (χ4v) is 4.90. The first-order valence-electron chi connectivity index (χ1n) is 13.9. The van der Waals surface area contributed by atoms with E-state index in [2.05, 4.69) is 4.90 Å². The van der Waals surface area contributed by atoms with Gasteiger partial charge in [-0.3, -0.25) is 14.5 Å². The molecule has 0 unspecified atom stereocenters. The van der Waals surface area contributed by atoms with Crippen molar-refractivity contribution in [3.05, 3.63) is 112 Å². The number of aryl methyl sites for hydroxylation is 2.